The lowest BCUT2D eigenvalue weighted by molar-refractivity contribution is -0.566. The molecule has 0 fully saturated rings. The number of benzene rings is 3. The van der Waals surface area contributed by atoms with Crippen LogP contribution in [-0.2, 0) is 11.3 Å². The number of aromatic nitrogens is 2. The fourth-order valence-electron chi connectivity index (χ4n) is 3.45. The Morgan fingerprint density at radius 2 is 1.79 bits per heavy atom. The van der Waals surface area contributed by atoms with E-state index < -0.39 is 16.5 Å². The van der Waals surface area contributed by atoms with Crippen molar-refractivity contribution in [1.82, 2.24) is 4.73 Å². The first-order chi connectivity index (χ1) is 15.9. The van der Waals surface area contributed by atoms with E-state index in [-0.39, 0.29) is 40.1 Å². The van der Waals surface area contributed by atoms with Crippen molar-refractivity contribution in [2.24, 2.45) is 0 Å². The average Bonchev–Trinajstić information content (AvgIpc) is 2.84. The van der Waals surface area contributed by atoms with Gasteiger partial charge in [0.2, 0.25) is 5.52 Å². The normalized spacial score (nSPS) is 10.7. The standard InChI is InChI=1S/C23H17N3O7/c1-32-23(28)18-10-3-2-7-16(18)14-33-25-20-12-5-4-11-19(20)24(29)21(22(25)27)15-8-6-9-17(13-15)26(30)31/h2-13H,14H2,1H3. The molecule has 10 heteroatoms. The lowest BCUT2D eigenvalue weighted by Gasteiger charge is -2.15. The van der Waals surface area contributed by atoms with Gasteiger partial charge in [0, 0.05) is 23.8 Å². The number of para-hydroxylation sites is 2. The molecule has 0 radical (unpaired) electrons. The number of fused-ring (bicyclic) bond motifs is 1. The number of rotatable bonds is 6. The number of hydrogen-bond acceptors (Lipinski definition) is 7. The van der Waals surface area contributed by atoms with Crippen molar-refractivity contribution < 1.29 is 24.0 Å². The third-order valence-corrected chi connectivity index (χ3v) is 5.01. The van der Waals surface area contributed by atoms with Gasteiger partial charge in [-0.05, 0) is 18.2 Å². The van der Waals surface area contributed by atoms with Crippen molar-refractivity contribution in [1.29, 1.82) is 0 Å². The number of carbonyl (C=O) groups excluding carboxylic acids is 1. The molecule has 0 N–H and O–H groups in total. The summed E-state index contributed by atoms with van der Waals surface area (Å²) in [5.74, 6) is -0.561. The molecule has 0 aliphatic heterocycles. The topological polar surface area (TPSA) is 128 Å². The highest BCUT2D eigenvalue weighted by molar-refractivity contribution is 5.90. The minimum Gasteiger partial charge on any atom is -0.618 e. The molecule has 0 atom stereocenters. The molecule has 1 heterocycles. The summed E-state index contributed by atoms with van der Waals surface area (Å²) in [4.78, 5) is 41.7. The number of ether oxygens (including phenoxy) is 1. The van der Waals surface area contributed by atoms with Gasteiger partial charge in [-0.2, -0.15) is 4.73 Å². The highest BCUT2D eigenvalue weighted by Crippen LogP contribution is 2.21. The molecule has 0 bridgehead atoms. The van der Waals surface area contributed by atoms with Gasteiger partial charge in [0.1, 0.15) is 6.61 Å². The Hall–Kier alpha value is -4.73. The third kappa shape index (κ3) is 3.97. The van der Waals surface area contributed by atoms with Crippen LogP contribution in [0.25, 0.3) is 22.3 Å². The van der Waals surface area contributed by atoms with E-state index in [1.807, 2.05) is 0 Å². The number of nitro groups is 1. The zero-order valence-corrected chi connectivity index (χ0v) is 17.3. The van der Waals surface area contributed by atoms with Crippen LogP contribution in [0.4, 0.5) is 5.69 Å². The summed E-state index contributed by atoms with van der Waals surface area (Å²) in [6, 6.07) is 18.1. The van der Waals surface area contributed by atoms with Gasteiger partial charge in [0.05, 0.1) is 23.2 Å². The number of non-ortho nitro benzene ring substituents is 1. The van der Waals surface area contributed by atoms with Crippen molar-refractivity contribution in [3.63, 3.8) is 0 Å². The Morgan fingerprint density at radius 1 is 1.06 bits per heavy atom. The molecule has 3 aromatic carbocycles. The van der Waals surface area contributed by atoms with E-state index in [0.29, 0.717) is 10.3 Å². The van der Waals surface area contributed by atoms with E-state index in [1.54, 1.807) is 36.4 Å². The van der Waals surface area contributed by atoms with Gasteiger partial charge in [-0.1, -0.05) is 36.4 Å². The van der Waals surface area contributed by atoms with Gasteiger partial charge >= 0.3 is 11.5 Å². The summed E-state index contributed by atoms with van der Waals surface area (Å²) in [6.45, 7) is -0.174. The Kier molecular flexibility index (Phi) is 5.73. The first-order valence-electron chi connectivity index (χ1n) is 9.74. The predicted octanol–water partition coefficient (Wildman–Crippen LogP) is 2.63. The molecule has 166 valence electrons. The second-order valence-corrected chi connectivity index (χ2v) is 6.96. The fourth-order valence-corrected chi connectivity index (χ4v) is 3.45. The van der Waals surface area contributed by atoms with Crippen LogP contribution < -0.4 is 15.1 Å². The van der Waals surface area contributed by atoms with E-state index in [2.05, 4.69) is 0 Å². The molecule has 0 spiro atoms. The summed E-state index contributed by atoms with van der Waals surface area (Å²) in [5.41, 5.74) is -0.274. The Labute approximate surface area is 186 Å². The maximum atomic E-state index is 13.3. The number of methoxy groups -OCH3 is 1. The molecule has 4 aromatic rings. The molecule has 0 unspecified atom stereocenters. The number of hydrogen-bond donors (Lipinski definition) is 0. The fraction of sp³-hybridized carbons (Fsp3) is 0.0870. The summed E-state index contributed by atoms with van der Waals surface area (Å²) in [5, 5.41) is 24.2. The number of carbonyl (C=O) groups is 1. The Bertz CT molecular complexity index is 1450. The van der Waals surface area contributed by atoms with E-state index in [4.69, 9.17) is 9.57 Å². The smallest absolute Gasteiger partial charge is 0.357 e. The second kappa shape index (κ2) is 8.79. The number of nitro benzene ring substituents is 1. The van der Waals surface area contributed by atoms with Crippen molar-refractivity contribution >= 4 is 22.7 Å². The minimum absolute atomic E-state index is 0.0715. The lowest BCUT2D eigenvalue weighted by atomic mass is 10.1. The zero-order valence-electron chi connectivity index (χ0n) is 17.3. The maximum Gasteiger partial charge on any atom is 0.357 e. The molecule has 0 amide bonds. The van der Waals surface area contributed by atoms with Gasteiger partial charge in [-0.25, -0.2) is 4.79 Å². The molecule has 1 aromatic heterocycles. The second-order valence-electron chi connectivity index (χ2n) is 6.96. The quantitative estimate of drug-likeness (QED) is 0.146. The van der Waals surface area contributed by atoms with Crippen molar-refractivity contribution in [3.8, 4) is 11.3 Å². The molecule has 0 saturated heterocycles. The van der Waals surface area contributed by atoms with Gasteiger partial charge < -0.3 is 14.8 Å². The van der Waals surface area contributed by atoms with E-state index in [1.165, 1.54) is 37.4 Å². The van der Waals surface area contributed by atoms with Crippen LogP contribution in [0.1, 0.15) is 15.9 Å². The Morgan fingerprint density at radius 3 is 2.55 bits per heavy atom. The van der Waals surface area contributed by atoms with Crippen molar-refractivity contribution in [2.75, 3.05) is 7.11 Å². The van der Waals surface area contributed by atoms with Crippen LogP contribution in [0.3, 0.4) is 0 Å². The summed E-state index contributed by atoms with van der Waals surface area (Å²) in [6.07, 6.45) is 0. The summed E-state index contributed by atoms with van der Waals surface area (Å²) >= 11 is 0. The SMILES string of the molecule is COC(=O)c1ccccc1COn1c(=O)c(-c2cccc([N+](=O)[O-])c2)[n+]([O-])c2ccccc21. The average molecular weight is 447 g/mol. The Balaban J connectivity index is 1.86. The van der Waals surface area contributed by atoms with Crippen LogP contribution in [-0.4, -0.2) is 22.7 Å². The van der Waals surface area contributed by atoms with Crippen molar-refractivity contribution in [2.45, 2.75) is 6.61 Å². The molecular weight excluding hydrogens is 430 g/mol. The van der Waals surface area contributed by atoms with Crippen LogP contribution in [0.15, 0.2) is 77.6 Å². The summed E-state index contributed by atoms with van der Waals surface area (Å²) in [7, 11) is 1.26. The summed E-state index contributed by atoms with van der Waals surface area (Å²) < 4.78 is 6.16. The first-order valence-corrected chi connectivity index (χ1v) is 9.74. The first kappa shape index (κ1) is 21.5. The van der Waals surface area contributed by atoms with E-state index >= 15 is 0 Å². The minimum atomic E-state index is -0.806. The highest BCUT2D eigenvalue weighted by atomic mass is 16.7. The number of nitrogens with zero attached hydrogens (tertiary/aromatic N) is 3. The zero-order chi connectivity index (χ0) is 23.5. The molecule has 4 rings (SSSR count). The molecular formula is C23H17N3O7. The third-order valence-electron chi connectivity index (χ3n) is 5.01. The molecule has 0 aliphatic carbocycles. The van der Waals surface area contributed by atoms with Gasteiger partial charge in [0.15, 0.2) is 5.52 Å². The van der Waals surface area contributed by atoms with Crippen LogP contribution >= 0.6 is 0 Å². The number of esters is 1. The van der Waals surface area contributed by atoms with Crippen molar-refractivity contribution in [3.05, 3.63) is 110 Å². The van der Waals surface area contributed by atoms with Gasteiger partial charge in [-0.3, -0.25) is 14.9 Å². The van der Waals surface area contributed by atoms with Crippen LogP contribution in [0.2, 0.25) is 0 Å². The van der Waals surface area contributed by atoms with Crippen LogP contribution in [0, 0.1) is 15.3 Å². The van der Waals surface area contributed by atoms with E-state index in [0.717, 1.165) is 10.8 Å². The molecule has 0 aliphatic rings. The van der Waals surface area contributed by atoms with E-state index in [9.17, 15) is 24.9 Å². The highest BCUT2D eigenvalue weighted by Gasteiger charge is 2.25. The molecule has 0 saturated carbocycles. The van der Waals surface area contributed by atoms with Gasteiger partial charge in [-0.15, -0.1) is 4.73 Å². The largest absolute Gasteiger partial charge is 0.618 e. The molecule has 10 nitrogen and oxygen atoms in total. The van der Waals surface area contributed by atoms with Crippen LogP contribution in [0.5, 0.6) is 0 Å². The molecule has 33 heavy (non-hydrogen) atoms. The maximum absolute atomic E-state index is 13.3. The monoisotopic (exact) mass is 447 g/mol. The lowest BCUT2D eigenvalue weighted by Crippen LogP contribution is -2.42. The predicted molar refractivity (Wildman–Crippen MR) is 117 cm³/mol. The van der Waals surface area contributed by atoms with Gasteiger partial charge in [0.25, 0.3) is 11.4 Å².